The third-order valence-corrected chi connectivity index (χ3v) is 5.80. The van der Waals surface area contributed by atoms with E-state index in [1.807, 2.05) is 0 Å². The third kappa shape index (κ3) is 6.19. The molecule has 0 aromatic heterocycles. The van der Waals surface area contributed by atoms with E-state index in [2.05, 4.69) is 79.0 Å². The van der Waals surface area contributed by atoms with Gasteiger partial charge in [-0.1, -0.05) is 0 Å². The van der Waals surface area contributed by atoms with Crippen LogP contribution < -0.4 is 0 Å². The van der Waals surface area contributed by atoms with Gasteiger partial charge < -0.3 is 9.47 Å². The monoisotopic (exact) mass is 368 g/mol. The van der Waals surface area contributed by atoms with Gasteiger partial charge in [0, 0.05) is 37.3 Å². The molecule has 2 saturated heterocycles. The molecule has 0 unspecified atom stereocenters. The molecule has 0 saturated carbocycles. The molecule has 26 heavy (non-hydrogen) atoms. The molecule has 154 valence electrons. The molecule has 4 nitrogen and oxygen atoms in total. The number of hydrogen-bond acceptors (Lipinski definition) is 4. The van der Waals surface area contributed by atoms with E-state index in [0.29, 0.717) is 12.2 Å². The van der Waals surface area contributed by atoms with Crippen LogP contribution in [0, 0.1) is 0 Å². The van der Waals surface area contributed by atoms with Gasteiger partial charge in [-0.3, -0.25) is 9.80 Å². The summed E-state index contributed by atoms with van der Waals surface area (Å²) < 4.78 is 12.2. The standard InChI is InChI=1S/C22H44N2O2/c1-19(2,3)25-17-13-23(14-17)21(7,8)11-12-22(9,10)24-15-18(16-24)26-20(4,5)6/h17-18H,11-16H2,1-10H3. The molecule has 2 aliphatic heterocycles. The summed E-state index contributed by atoms with van der Waals surface area (Å²) in [6.45, 7) is 26.7. The molecule has 0 aromatic carbocycles. The van der Waals surface area contributed by atoms with E-state index < -0.39 is 0 Å². The molecular formula is C22H44N2O2. The molecule has 0 amide bonds. The predicted molar refractivity (Wildman–Crippen MR) is 110 cm³/mol. The number of rotatable bonds is 7. The van der Waals surface area contributed by atoms with Crippen molar-refractivity contribution in [2.75, 3.05) is 26.2 Å². The first-order valence-electron chi connectivity index (χ1n) is 10.4. The summed E-state index contributed by atoms with van der Waals surface area (Å²) >= 11 is 0. The van der Waals surface area contributed by atoms with Gasteiger partial charge in [0.15, 0.2) is 0 Å². The van der Waals surface area contributed by atoms with Gasteiger partial charge in [0.25, 0.3) is 0 Å². The van der Waals surface area contributed by atoms with Crippen molar-refractivity contribution in [3.05, 3.63) is 0 Å². The minimum absolute atomic E-state index is 0.0357. The summed E-state index contributed by atoms with van der Waals surface area (Å²) in [7, 11) is 0. The van der Waals surface area contributed by atoms with E-state index >= 15 is 0 Å². The van der Waals surface area contributed by atoms with Crippen LogP contribution in [0.15, 0.2) is 0 Å². The highest BCUT2D eigenvalue weighted by molar-refractivity contribution is 4.98. The van der Waals surface area contributed by atoms with Crippen LogP contribution in [0.4, 0.5) is 0 Å². The van der Waals surface area contributed by atoms with E-state index in [1.165, 1.54) is 12.8 Å². The zero-order valence-electron chi connectivity index (χ0n) is 19.1. The summed E-state index contributed by atoms with van der Waals surface area (Å²) in [5.41, 5.74) is 0.403. The zero-order valence-corrected chi connectivity index (χ0v) is 19.1. The Hall–Kier alpha value is -0.160. The summed E-state index contributed by atoms with van der Waals surface area (Å²) in [6, 6.07) is 0. The fourth-order valence-electron chi connectivity index (χ4n) is 3.94. The summed E-state index contributed by atoms with van der Waals surface area (Å²) in [5, 5.41) is 0. The molecule has 2 heterocycles. The van der Waals surface area contributed by atoms with Crippen LogP contribution in [0.3, 0.4) is 0 Å². The smallest absolute Gasteiger partial charge is 0.0836 e. The van der Waals surface area contributed by atoms with Crippen molar-refractivity contribution in [2.24, 2.45) is 0 Å². The second kappa shape index (κ2) is 7.35. The fraction of sp³-hybridized carbons (Fsp3) is 1.00. The number of ether oxygens (including phenoxy) is 2. The normalized spacial score (nSPS) is 22.4. The predicted octanol–water partition coefficient (Wildman–Crippen LogP) is 4.32. The van der Waals surface area contributed by atoms with Crippen molar-refractivity contribution in [1.29, 1.82) is 0 Å². The van der Waals surface area contributed by atoms with Crippen molar-refractivity contribution >= 4 is 0 Å². The molecule has 0 radical (unpaired) electrons. The first kappa shape index (κ1) is 22.1. The molecular weight excluding hydrogens is 324 g/mol. The van der Waals surface area contributed by atoms with Gasteiger partial charge >= 0.3 is 0 Å². The Kier molecular flexibility index (Phi) is 6.25. The maximum atomic E-state index is 6.10. The lowest BCUT2D eigenvalue weighted by Gasteiger charge is -2.53. The average Bonchev–Trinajstić information content (AvgIpc) is 2.32. The average molecular weight is 369 g/mol. The molecule has 2 aliphatic rings. The van der Waals surface area contributed by atoms with Crippen molar-refractivity contribution in [1.82, 2.24) is 9.80 Å². The third-order valence-electron chi connectivity index (χ3n) is 5.80. The second-order valence-electron chi connectivity index (χ2n) is 11.6. The lowest BCUT2D eigenvalue weighted by molar-refractivity contribution is -0.156. The van der Waals surface area contributed by atoms with Gasteiger partial charge in [0.1, 0.15) is 0 Å². The van der Waals surface area contributed by atoms with Crippen LogP contribution in [0.2, 0.25) is 0 Å². The second-order valence-corrected chi connectivity index (χ2v) is 11.6. The summed E-state index contributed by atoms with van der Waals surface area (Å²) in [4.78, 5) is 5.17. The Balaban J connectivity index is 1.74. The first-order valence-corrected chi connectivity index (χ1v) is 10.4. The highest BCUT2D eigenvalue weighted by atomic mass is 16.5. The van der Waals surface area contributed by atoms with E-state index in [9.17, 15) is 0 Å². The lowest BCUT2D eigenvalue weighted by Crippen LogP contribution is -2.64. The van der Waals surface area contributed by atoms with Crippen molar-refractivity contribution in [2.45, 2.75) is 117 Å². The first-order chi connectivity index (χ1) is 11.6. The molecule has 0 N–H and O–H groups in total. The largest absolute Gasteiger partial charge is 0.370 e. The minimum Gasteiger partial charge on any atom is -0.370 e. The van der Waals surface area contributed by atoms with Crippen LogP contribution >= 0.6 is 0 Å². The van der Waals surface area contributed by atoms with E-state index in [0.717, 1.165) is 26.2 Å². The number of nitrogens with zero attached hydrogens (tertiary/aromatic N) is 2. The Morgan fingerprint density at radius 1 is 0.577 bits per heavy atom. The molecule has 0 aliphatic carbocycles. The van der Waals surface area contributed by atoms with E-state index in [-0.39, 0.29) is 22.3 Å². The molecule has 0 aromatic rings. The van der Waals surface area contributed by atoms with E-state index in [4.69, 9.17) is 9.47 Å². The zero-order chi connectivity index (χ0) is 20.0. The SMILES string of the molecule is CC(C)(C)OC1CN(C(C)(C)CCC(C)(C)N2CC(OC(C)(C)C)C2)C1. The van der Waals surface area contributed by atoms with Gasteiger partial charge in [0.2, 0.25) is 0 Å². The molecule has 0 spiro atoms. The van der Waals surface area contributed by atoms with Crippen molar-refractivity contribution in [3.8, 4) is 0 Å². The van der Waals surface area contributed by atoms with Crippen molar-refractivity contribution < 1.29 is 9.47 Å². The van der Waals surface area contributed by atoms with Crippen LogP contribution in [0.1, 0.15) is 82.1 Å². The Labute approximate surface area is 162 Å². The molecule has 0 bridgehead atoms. The van der Waals surface area contributed by atoms with Gasteiger partial charge in [-0.05, 0) is 82.1 Å². The maximum absolute atomic E-state index is 6.10. The maximum Gasteiger partial charge on any atom is 0.0836 e. The van der Waals surface area contributed by atoms with E-state index in [1.54, 1.807) is 0 Å². The Morgan fingerprint density at radius 3 is 1.08 bits per heavy atom. The van der Waals surface area contributed by atoms with Crippen LogP contribution in [-0.4, -0.2) is 70.5 Å². The van der Waals surface area contributed by atoms with Gasteiger partial charge in [0.05, 0.1) is 23.4 Å². The quantitative estimate of drug-likeness (QED) is 0.668. The summed E-state index contributed by atoms with van der Waals surface area (Å²) in [6.07, 6.45) is 3.22. The highest BCUT2D eigenvalue weighted by Gasteiger charge is 2.43. The minimum atomic E-state index is -0.0357. The van der Waals surface area contributed by atoms with Crippen LogP contribution in [0.5, 0.6) is 0 Å². The number of hydrogen-bond donors (Lipinski definition) is 0. The molecule has 4 heteroatoms. The fourth-order valence-corrected chi connectivity index (χ4v) is 3.94. The molecule has 2 fully saturated rings. The van der Waals surface area contributed by atoms with Gasteiger partial charge in [-0.25, -0.2) is 0 Å². The van der Waals surface area contributed by atoms with Gasteiger partial charge in [-0.2, -0.15) is 0 Å². The van der Waals surface area contributed by atoms with Crippen LogP contribution in [-0.2, 0) is 9.47 Å². The topological polar surface area (TPSA) is 24.9 Å². The Morgan fingerprint density at radius 2 is 0.846 bits per heavy atom. The Bertz CT molecular complexity index is 418. The lowest BCUT2D eigenvalue weighted by atomic mass is 9.84. The molecule has 2 rings (SSSR count). The molecule has 0 atom stereocenters. The van der Waals surface area contributed by atoms with Crippen LogP contribution in [0.25, 0.3) is 0 Å². The number of likely N-dealkylation sites (tertiary alicyclic amines) is 2. The highest BCUT2D eigenvalue weighted by Crippen LogP contribution is 2.35. The van der Waals surface area contributed by atoms with Gasteiger partial charge in [-0.15, -0.1) is 0 Å². The summed E-state index contributed by atoms with van der Waals surface area (Å²) in [5.74, 6) is 0. The van der Waals surface area contributed by atoms with Crippen molar-refractivity contribution in [3.63, 3.8) is 0 Å².